The topological polar surface area (TPSA) is 109 Å². The number of carbonyl (C=O) groups excluding carboxylic acids is 3. The summed E-state index contributed by atoms with van der Waals surface area (Å²) in [6.07, 6.45) is 3.65. The fraction of sp³-hybridized carbons (Fsp3) is 0.500. The van der Waals surface area contributed by atoms with Crippen LogP contribution >= 0.6 is 11.3 Å². The van der Waals surface area contributed by atoms with Crippen LogP contribution in [-0.4, -0.2) is 50.9 Å². The summed E-state index contributed by atoms with van der Waals surface area (Å²) in [6, 6.07) is 3.01. The number of hydrogen-bond acceptors (Lipinski definition) is 9. The largest absolute Gasteiger partial charge is 0.490 e. The highest BCUT2D eigenvalue weighted by Gasteiger charge is 2.27. The van der Waals surface area contributed by atoms with E-state index in [0.717, 1.165) is 36.1 Å². The SMILES string of the molecule is CCOC(=O)c1c(NC(=O)COC(=O)c2cc(OCC)c(OCC)c(OCC)c2)sc2c1CCCC2. The number of fused-ring (bicyclic) bond motifs is 1. The van der Waals surface area contributed by atoms with Gasteiger partial charge in [-0.25, -0.2) is 9.59 Å². The minimum atomic E-state index is -0.716. The molecule has 0 saturated carbocycles. The molecule has 1 amide bonds. The molecule has 36 heavy (non-hydrogen) atoms. The lowest BCUT2D eigenvalue weighted by Gasteiger charge is -2.16. The Morgan fingerprint density at radius 3 is 2.08 bits per heavy atom. The van der Waals surface area contributed by atoms with E-state index in [-0.39, 0.29) is 12.2 Å². The van der Waals surface area contributed by atoms with Gasteiger partial charge in [-0.05, 0) is 71.1 Å². The molecule has 1 aromatic heterocycles. The molecule has 0 radical (unpaired) electrons. The number of esters is 2. The molecule has 1 aromatic carbocycles. The van der Waals surface area contributed by atoms with Gasteiger partial charge in [0.15, 0.2) is 18.1 Å². The number of ether oxygens (including phenoxy) is 5. The number of nitrogens with one attached hydrogen (secondary N) is 1. The third-order valence-corrected chi connectivity index (χ3v) is 6.59. The van der Waals surface area contributed by atoms with Crippen LogP contribution in [0.5, 0.6) is 17.2 Å². The van der Waals surface area contributed by atoms with Gasteiger partial charge in [-0.1, -0.05) is 0 Å². The Morgan fingerprint density at radius 2 is 1.47 bits per heavy atom. The number of thiophene rings is 1. The number of rotatable bonds is 12. The van der Waals surface area contributed by atoms with Gasteiger partial charge in [-0.3, -0.25) is 4.79 Å². The molecule has 0 unspecified atom stereocenters. The molecular weight excluding hydrogens is 486 g/mol. The Labute approximate surface area is 215 Å². The van der Waals surface area contributed by atoms with Crippen LogP contribution in [0.4, 0.5) is 5.00 Å². The van der Waals surface area contributed by atoms with Crippen LogP contribution in [0.15, 0.2) is 12.1 Å². The first-order valence-corrected chi connectivity index (χ1v) is 13.1. The molecule has 2 aromatic rings. The Kier molecular flexibility index (Phi) is 9.98. The zero-order valence-electron chi connectivity index (χ0n) is 21.2. The first kappa shape index (κ1) is 27.3. The molecule has 0 fully saturated rings. The van der Waals surface area contributed by atoms with Crippen molar-refractivity contribution in [3.63, 3.8) is 0 Å². The summed E-state index contributed by atoms with van der Waals surface area (Å²) in [5.41, 5.74) is 1.51. The molecular formula is C26H33NO8S. The second-order valence-electron chi connectivity index (χ2n) is 7.86. The van der Waals surface area contributed by atoms with Crippen LogP contribution in [-0.2, 0) is 27.1 Å². The molecule has 1 aliphatic carbocycles. The minimum Gasteiger partial charge on any atom is -0.490 e. The van der Waals surface area contributed by atoms with Crippen LogP contribution in [0.1, 0.15) is 71.7 Å². The molecule has 0 atom stereocenters. The summed E-state index contributed by atoms with van der Waals surface area (Å²) in [5.74, 6) is -0.608. The highest BCUT2D eigenvalue weighted by Crippen LogP contribution is 2.40. The molecule has 1 aliphatic rings. The van der Waals surface area contributed by atoms with E-state index >= 15 is 0 Å². The van der Waals surface area contributed by atoms with E-state index in [2.05, 4.69) is 5.32 Å². The first-order valence-electron chi connectivity index (χ1n) is 12.3. The molecule has 1 heterocycles. The summed E-state index contributed by atoms with van der Waals surface area (Å²) in [4.78, 5) is 39.1. The summed E-state index contributed by atoms with van der Waals surface area (Å²) < 4.78 is 27.4. The predicted molar refractivity (Wildman–Crippen MR) is 136 cm³/mol. The molecule has 0 saturated heterocycles. The monoisotopic (exact) mass is 519 g/mol. The molecule has 0 bridgehead atoms. The summed E-state index contributed by atoms with van der Waals surface area (Å²) in [7, 11) is 0. The standard InChI is InChI=1S/C26H33NO8S/c1-5-31-18-13-16(14-19(32-6-2)23(18)33-7-3)25(29)35-15-21(28)27-24-22(26(30)34-8-4)17-11-9-10-12-20(17)36-24/h13-14H,5-12,15H2,1-4H3,(H,27,28). The molecule has 1 N–H and O–H groups in total. The number of aryl methyl sites for hydroxylation is 1. The van der Waals surface area contributed by atoms with E-state index < -0.39 is 24.5 Å². The van der Waals surface area contributed by atoms with Gasteiger partial charge in [-0.15, -0.1) is 11.3 Å². The second-order valence-corrected chi connectivity index (χ2v) is 8.97. The predicted octanol–water partition coefficient (Wildman–Crippen LogP) is 4.80. The van der Waals surface area contributed by atoms with Crippen molar-refractivity contribution in [1.82, 2.24) is 0 Å². The van der Waals surface area contributed by atoms with Gasteiger partial charge in [0.05, 0.1) is 37.6 Å². The molecule has 9 nitrogen and oxygen atoms in total. The number of hydrogen-bond donors (Lipinski definition) is 1. The van der Waals surface area contributed by atoms with Gasteiger partial charge in [0, 0.05) is 4.88 Å². The molecule has 0 spiro atoms. The van der Waals surface area contributed by atoms with Crippen LogP contribution in [0, 0.1) is 0 Å². The van der Waals surface area contributed by atoms with Gasteiger partial charge in [0.25, 0.3) is 5.91 Å². The van der Waals surface area contributed by atoms with E-state index in [0.29, 0.717) is 47.6 Å². The maximum absolute atomic E-state index is 12.8. The lowest BCUT2D eigenvalue weighted by Crippen LogP contribution is -2.22. The highest BCUT2D eigenvalue weighted by atomic mass is 32.1. The van der Waals surface area contributed by atoms with Crippen molar-refractivity contribution in [2.45, 2.75) is 53.4 Å². The molecule has 196 valence electrons. The van der Waals surface area contributed by atoms with E-state index in [1.807, 2.05) is 20.8 Å². The van der Waals surface area contributed by atoms with E-state index in [9.17, 15) is 14.4 Å². The Hall–Kier alpha value is -3.27. The van der Waals surface area contributed by atoms with Crippen molar-refractivity contribution in [1.29, 1.82) is 0 Å². The van der Waals surface area contributed by atoms with Crippen molar-refractivity contribution in [2.75, 3.05) is 38.4 Å². The Balaban J connectivity index is 1.74. The molecule has 3 rings (SSSR count). The van der Waals surface area contributed by atoms with E-state index in [1.54, 1.807) is 6.92 Å². The van der Waals surface area contributed by atoms with Gasteiger partial charge in [-0.2, -0.15) is 0 Å². The van der Waals surface area contributed by atoms with Crippen LogP contribution in [0.25, 0.3) is 0 Å². The molecule has 0 aliphatic heterocycles. The summed E-state index contributed by atoms with van der Waals surface area (Å²) >= 11 is 1.38. The number of anilines is 1. The zero-order chi connectivity index (χ0) is 26.1. The van der Waals surface area contributed by atoms with Gasteiger partial charge in [0.1, 0.15) is 5.00 Å². The van der Waals surface area contributed by atoms with E-state index in [4.69, 9.17) is 23.7 Å². The van der Waals surface area contributed by atoms with E-state index in [1.165, 1.54) is 23.5 Å². The maximum Gasteiger partial charge on any atom is 0.341 e. The summed E-state index contributed by atoms with van der Waals surface area (Å²) in [5, 5.41) is 3.17. The van der Waals surface area contributed by atoms with Crippen LogP contribution in [0.2, 0.25) is 0 Å². The lowest BCUT2D eigenvalue weighted by atomic mass is 9.95. The van der Waals surface area contributed by atoms with Crippen molar-refractivity contribution in [2.24, 2.45) is 0 Å². The van der Waals surface area contributed by atoms with Gasteiger partial charge >= 0.3 is 11.9 Å². The van der Waals surface area contributed by atoms with Crippen molar-refractivity contribution < 1.29 is 38.1 Å². The van der Waals surface area contributed by atoms with Crippen molar-refractivity contribution in [3.8, 4) is 17.2 Å². The Morgan fingerprint density at radius 1 is 0.833 bits per heavy atom. The first-order chi connectivity index (χ1) is 17.4. The third-order valence-electron chi connectivity index (χ3n) is 5.38. The molecule has 10 heteroatoms. The Bertz CT molecular complexity index is 1070. The zero-order valence-corrected chi connectivity index (χ0v) is 22.0. The van der Waals surface area contributed by atoms with Crippen LogP contribution < -0.4 is 19.5 Å². The fourth-order valence-electron chi connectivity index (χ4n) is 3.96. The highest BCUT2D eigenvalue weighted by molar-refractivity contribution is 7.17. The lowest BCUT2D eigenvalue weighted by molar-refractivity contribution is -0.119. The number of carbonyl (C=O) groups is 3. The normalized spacial score (nSPS) is 12.3. The van der Waals surface area contributed by atoms with Gasteiger partial charge in [0.2, 0.25) is 5.75 Å². The minimum absolute atomic E-state index is 0.164. The maximum atomic E-state index is 12.8. The number of benzene rings is 1. The summed E-state index contributed by atoms with van der Waals surface area (Å²) in [6.45, 7) is 8.04. The third kappa shape index (κ3) is 6.48. The smallest absolute Gasteiger partial charge is 0.341 e. The average Bonchev–Trinajstić information content (AvgIpc) is 3.22. The number of amides is 1. The fourth-order valence-corrected chi connectivity index (χ4v) is 5.25. The second kappa shape index (κ2) is 13.2. The quantitative estimate of drug-likeness (QED) is 0.399. The average molecular weight is 520 g/mol. The van der Waals surface area contributed by atoms with Crippen molar-refractivity contribution in [3.05, 3.63) is 33.7 Å². The van der Waals surface area contributed by atoms with Gasteiger partial charge < -0.3 is 29.0 Å². The van der Waals surface area contributed by atoms with Crippen LogP contribution in [0.3, 0.4) is 0 Å². The van der Waals surface area contributed by atoms with Crippen molar-refractivity contribution >= 4 is 34.2 Å².